The van der Waals surface area contributed by atoms with Crippen molar-refractivity contribution in [1.29, 1.82) is 0 Å². The minimum absolute atomic E-state index is 0. The largest absolute Gasteiger partial charge is 2.00 e. The molecule has 1 heterocycles. The molecule has 2 aromatic rings. The van der Waals surface area contributed by atoms with Crippen LogP contribution in [-0.4, -0.2) is 4.70 Å². The molecule has 3 heteroatoms. The second kappa shape index (κ2) is 26.3. The van der Waals surface area contributed by atoms with Gasteiger partial charge >= 0.3 is 16.5 Å². The van der Waals surface area contributed by atoms with Crippen LogP contribution in [0, 0.1) is 13.8 Å². The molecule has 0 bridgehead atoms. The summed E-state index contributed by atoms with van der Waals surface area (Å²) < 4.78 is 1.53. The van der Waals surface area contributed by atoms with Crippen LogP contribution >= 0.6 is 0 Å². The molecular formula is C41H64N2Ni. The minimum Gasteiger partial charge on any atom is -0.493 e. The standard InChI is InChI=1S/C33H46N2.2C4H9.Ni/c1-5-9-13-16-26-21-23-28(24-22-26)32-30(19-11-7-3)31(20-12-8-4)33(35(32)34)29-18-14-17-27(25-29)15-10-6-2;2*1-3-4-2;/h14,17-18,21-25H,5-13,15-16,19-20H2,1-4H3;2*1,3-4H2,2H3;/q;2*-1;+2. The van der Waals surface area contributed by atoms with Gasteiger partial charge in [-0.3, -0.25) is 0 Å². The molecule has 0 atom stereocenters. The Morgan fingerprint density at radius 3 is 1.45 bits per heavy atom. The molecule has 3 rings (SSSR count). The van der Waals surface area contributed by atoms with Gasteiger partial charge in [-0.1, -0.05) is 111 Å². The van der Waals surface area contributed by atoms with E-state index < -0.39 is 0 Å². The van der Waals surface area contributed by atoms with E-state index in [9.17, 15) is 5.53 Å². The third-order valence-electron chi connectivity index (χ3n) is 7.94. The minimum atomic E-state index is 0. The van der Waals surface area contributed by atoms with E-state index in [4.69, 9.17) is 0 Å². The molecule has 1 aliphatic heterocycles. The average Bonchev–Trinajstić information content (AvgIpc) is 3.32. The Morgan fingerprint density at radius 2 is 0.977 bits per heavy atom. The molecule has 0 N–H and O–H groups in total. The maximum Gasteiger partial charge on any atom is 2.00 e. The van der Waals surface area contributed by atoms with E-state index >= 15 is 0 Å². The van der Waals surface area contributed by atoms with E-state index in [0.717, 1.165) is 86.7 Å². The summed E-state index contributed by atoms with van der Waals surface area (Å²) in [6.45, 7) is 20.5. The Kier molecular flexibility index (Phi) is 25.1. The van der Waals surface area contributed by atoms with Gasteiger partial charge in [-0.05, 0) is 86.8 Å². The molecular weight excluding hydrogens is 579 g/mol. The van der Waals surface area contributed by atoms with Crippen LogP contribution in [0.2, 0.25) is 0 Å². The summed E-state index contributed by atoms with van der Waals surface area (Å²) in [6, 6.07) is 17.8. The van der Waals surface area contributed by atoms with Gasteiger partial charge in [0.1, 0.15) is 0 Å². The molecule has 0 aromatic heterocycles. The third kappa shape index (κ3) is 14.4. The van der Waals surface area contributed by atoms with Crippen molar-refractivity contribution in [3.63, 3.8) is 0 Å². The molecule has 0 radical (unpaired) electrons. The number of aryl methyl sites for hydroxylation is 2. The zero-order valence-corrected chi connectivity index (χ0v) is 30.3. The van der Waals surface area contributed by atoms with Crippen molar-refractivity contribution < 1.29 is 21.2 Å². The van der Waals surface area contributed by atoms with Gasteiger partial charge in [0, 0.05) is 22.3 Å². The van der Waals surface area contributed by atoms with Crippen molar-refractivity contribution in [2.24, 2.45) is 0 Å². The molecule has 0 aliphatic carbocycles. The summed E-state index contributed by atoms with van der Waals surface area (Å²) in [4.78, 5) is 0. The first kappa shape index (κ1) is 42.0. The normalized spacial score (nSPS) is 12.4. The number of benzene rings is 2. The van der Waals surface area contributed by atoms with Crippen LogP contribution in [0.5, 0.6) is 0 Å². The topological polar surface area (TPSA) is 25.3 Å². The predicted molar refractivity (Wildman–Crippen MR) is 192 cm³/mol. The van der Waals surface area contributed by atoms with Crippen molar-refractivity contribution in [1.82, 2.24) is 0 Å². The van der Waals surface area contributed by atoms with Crippen LogP contribution in [0.25, 0.3) is 16.9 Å². The molecule has 248 valence electrons. The van der Waals surface area contributed by atoms with Crippen molar-refractivity contribution in [3.05, 3.63) is 101 Å². The average molecular weight is 644 g/mol. The Balaban J connectivity index is 0.00000183. The summed E-state index contributed by atoms with van der Waals surface area (Å²) in [5.41, 5.74) is 21.4. The van der Waals surface area contributed by atoms with Gasteiger partial charge in [-0.2, -0.15) is 12.8 Å². The van der Waals surface area contributed by atoms with E-state index in [2.05, 4.69) is 104 Å². The fraction of sp³-hybridized carbons (Fsp3) is 0.561. The molecule has 2 nitrogen and oxygen atoms in total. The molecule has 0 saturated heterocycles. The van der Waals surface area contributed by atoms with Crippen molar-refractivity contribution in [2.45, 2.75) is 151 Å². The fourth-order valence-electron chi connectivity index (χ4n) is 5.16. The van der Waals surface area contributed by atoms with E-state index in [1.54, 1.807) is 0 Å². The van der Waals surface area contributed by atoms with Gasteiger partial charge in [0.25, 0.3) is 0 Å². The predicted octanol–water partition coefficient (Wildman–Crippen LogP) is 13.6. The summed E-state index contributed by atoms with van der Waals surface area (Å²) in [7, 11) is 0. The second-order valence-electron chi connectivity index (χ2n) is 11.8. The summed E-state index contributed by atoms with van der Waals surface area (Å²) in [5.74, 6) is 0. The number of nitrogens with zero attached hydrogens (tertiary/aromatic N) is 2. The van der Waals surface area contributed by atoms with Crippen LogP contribution in [0.15, 0.2) is 59.7 Å². The number of allylic oxidation sites excluding steroid dienone is 2. The summed E-state index contributed by atoms with van der Waals surface area (Å²) in [6.07, 6.45) is 19.6. The van der Waals surface area contributed by atoms with E-state index in [1.807, 2.05) is 0 Å². The maximum atomic E-state index is 11.7. The first-order valence-corrected chi connectivity index (χ1v) is 17.7. The van der Waals surface area contributed by atoms with Gasteiger partial charge in [-0.15, -0.1) is 0 Å². The molecule has 2 aromatic carbocycles. The van der Waals surface area contributed by atoms with Crippen molar-refractivity contribution in [2.75, 3.05) is 0 Å². The molecule has 1 aliphatic rings. The van der Waals surface area contributed by atoms with Gasteiger partial charge < -0.3 is 19.4 Å². The van der Waals surface area contributed by atoms with E-state index in [0.29, 0.717) is 0 Å². The van der Waals surface area contributed by atoms with Crippen LogP contribution in [0.3, 0.4) is 0 Å². The van der Waals surface area contributed by atoms with Crippen LogP contribution in [0.4, 0.5) is 0 Å². The van der Waals surface area contributed by atoms with Crippen LogP contribution in [-0.2, 0) is 29.3 Å². The van der Waals surface area contributed by atoms with Gasteiger partial charge in [0.15, 0.2) is 0 Å². The van der Waals surface area contributed by atoms with E-state index in [-0.39, 0.29) is 16.5 Å². The fourth-order valence-corrected chi connectivity index (χ4v) is 5.16. The first-order chi connectivity index (χ1) is 21.0. The Morgan fingerprint density at radius 1 is 0.523 bits per heavy atom. The Labute approximate surface area is 283 Å². The molecule has 44 heavy (non-hydrogen) atoms. The van der Waals surface area contributed by atoms with Gasteiger partial charge in [0.05, 0.1) is 0 Å². The molecule has 0 fully saturated rings. The first-order valence-electron chi connectivity index (χ1n) is 17.7. The van der Waals surface area contributed by atoms with Gasteiger partial charge in [0.2, 0.25) is 11.4 Å². The molecule has 0 amide bonds. The van der Waals surface area contributed by atoms with Crippen LogP contribution in [0.1, 0.15) is 160 Å². The Hall–Kier alpha value is -1.99. The summed E-state index contributed by atoms with van der Waals surface area (Å²) in [5, 5.41) is 0. The monoisotopic (exact) mass is 642 g/mol. The smallest absolute Gasteiger partial charge is 0.493 e. The zero-order chi connectivity index (χ0) is 31.9. The number of unbranched alkanes of at least 4 members (excludes halogenated alkanes) is 7. The van der Waals surface area contributed by atoms with E-state index in [1.165, 1.54) is 71.9 Å². The number of rotatable bonds is 17. The third-order valence-corrected chi connectivity index (χ3v) is 7.94. The van der Waals surface area contributed by atoms with Gasteiger partial charge in [-0.25, -0.2) is 4.70 Å². The quantitative estimate of drug-likeness (QED) is 0.0709. The summed E-state index contributed by atoms with van der Waals surface area (Å²) >= 11 is 0. The second-order valence-corrected chi connectivity index (χ2v) is 11.8. The Bertz CT molecular complexity index is 1090. The maximum absolute atomic E-state index is 11.7. The SMILES string of the molecule is CCCCCc1ccc(C2=C(CCCC)C(CCCC)=C(c3cccc(CCCC)c3)[N+]2=[N-])cc1.[CH2-]CCC.[CH2-]CCC.[Ni+2]. The zero-order valence-electron chi connectivity index (χ0n) is 29.3. The number of hydrogen-bond acceptors (Lipinski definition) is 0. The van der Waals surface area contributed by atoms with Crippen LogP contribution < -0.4 is 0 Å². The van der Waals surface area contributed by atoms with Crippen molar-refractivity contribution in [3.8, 4) is 0 Å². The number of hydrogen-bond donors (Lipinski definition) is 0. The molecule has 0 saturated carbocycles. The van der Waals surface area contributed by atoms with Crippen molar-refractivity contribution >= 4 is 11.4 Å². The molecule has 0 spiro atoms. The molecule has 0 unspecified atom stereocenters.